The number of hydrogen-bond donors (Lipinski definition) is 1. The van der Waals surface area contributed by atoms with E-state index in [1.54, 1.807) is 18.2 Å². The number of likely N-dealkylation sites (tertiary alicyclic amines) is 1. The van der Waals surface area contributed by atoms with E-state index < -0.39 is 17.7 Å². The van der Waals surface area contributed by atoms with Gasteiger partial charge in [0.2, 0.25) is 11.9 Å². The largest absolute Gasteiger partial charge is 0.485 e. The van der Waals surface area contributed by atoms with Gasteiger partial charge in [0.25, 0.3) is 0 Å². The molecule has 1 saturated carbocycles. The SMILES string of the molecule is CC1(C)CN(C(=O)[C@@H]2CCC(=O)C2)C[C@@H](F)[C@H]1Oc1ccc(-c2ncnc(Nc3ccc(N4CCN(C5COC5)CC4)cc3)n2)cc1C#N. The zero-order chi connectivity index (χ0) is 34.1. The Bertz CT molecular complexity index is 1740. The maximum absolute atomic E-state index is 15.7. The van der Waals surface area contributed by atoms with Gasteiger partial charge in [-0.2, -0.15) is 10.2 Å². The molecule has 2 aromatic carbocycles. The van der Waals surface area contributed by atoms with Gasteiger partial charge in [0.15, 0.2) is 12.0 Å². The number of alkyl halides is 1. The minimum Gasteiger partial charge on any atom is -0.485 e. The van der Waals surface area contributed by atoms with E-state index in [1.807, 2.05) is 26.0 Å². The van der Waals surface area contributed by atoms with E-state index in [9.17, 15) is 14.9 Å². The second-order valence-corrected chi connectivity index (χ2v) is 14.1. The number of amides is 1. The standard InChI is InChI=1S/C36H41FN8O4/c1-36(2)21-45(34(47)24-3-9-29(46)16-24)18-30(37)32(36)49-31-10-4-23(15-25(31)17-38)33-39-22-40-35(42-33)41-26-5-7-27(8-6-26)43-11-13-44(14-12-43)28-19-48-20-28/h4-8,10,15,22,24,28,30,32H,3,9,11-14,16,18-21H2,1-2H3,(H,39,40,41,42)/t24-,30-,32-/m1/s1. The Morgan fingerprint density at radius 2 is 1.88 bits per heavy atom. The Kier molecular flexibility index (Phi) is 9.17. The quantitative estimate of drug-likeness (QED) is 0.373. The van der Waals surface area contributed by atoms with Crippen LogP contribution in [0.2, 0.25) is 0 Å². The van der Waals surface area contributed by atoms with Crippen molar-refractivity contribution in [1.29, 1.82) is 5.26 Å². The molecule has 0 spiro atoms. The summed E-state index contributed by atoms with van der Waals surface area (Å²) in [5.41, 5.74) is 2.06. The number of benzene rings is 2. The zero-order valence-corrected chi connectivity index (χ0v) is 27.8. The van der Waals surface area contributed by atoms with E-state index in [-0.39, 0.29) is 41.9 Å². The molecule has 0 radical (unpaired) electrons. The fraction of sp³-hybridized carbons (Fsp3) is 0.500. The molecule has 256 valence electrons. The maximum atomic E-state index is 15.7. The van der Waals surface area contributed by atoms with Crippen LogP contribution >= 0.6 is 0 Å². The minimum atomic E-state index is -1.47. The molecule has 1 aliphatic carbocycles. The lowest BCUT2D eigenvalue weighted by atomic mass is 9.79. The minimum absolute atomic E-state index is 0.0789. The molecule has 4 heterocycles. The number of hydrogen-bond acceptors (Lipinski definition) is 11. The van der Waals surface area contributed by atoms with Crippen LogP contribution in [0.25, 0.3) is 11.4 Å². The molecule has 4 fully saturated rings. The number of piperazine rings is 1. The summed E-state index contributed by atoms with van der Waals surface area (Å²) in [7, 11) is 0. The first-order valence-corrected chi connectivity index (χ1v) is 17.0. The number of halogens is 1. The van der Waals surface area contributed by atoms with Gasteiger partial charge in [-0.15, -0.1) is 0 Å². The number of rotatable bonds is 8. The molecule has 3 aliphatic heterocycles. The van der Waals surface area contributed by atoms with Gasteiger partial charge in [0.05, 0.1) is 31.4 Å². The van der Waals surface area contributed by atoms with Crippen molar-refractivity contribution >= 4 is 29.0 Å². The Morgan fingerprint density at radius 1 is 1.10 bits per heavy atom. The highest BCUT2D eigenvalue weighted by molar-refractivity contribution is 5.90. The van der Waals surface area contributed by atoms with E-state index in [4.69, 9.17) is 9.47 Å². The fourth-order valence-electron chi connectivity index (χ4n) is 7.28. The zero-order valence-electron chi connectivity index (χ0n) is 27.8. The van der Waals surface area contributed by atoms with Crippen molar-refractivity contribution in [3.8, 4) is 23.2 Å². The highest BCUT2D eigenvalue weighted by Crippen LogP contribution is 2.38. The first kappa shape index (κ1) is 32.9. The third kappa shape index (κ3) is 7.07. The summed E-state index contributed by atoms with van der Waals surface area (Å²) in [6.07, 6.45) is 0.203. The first-order valence-electron chi connectivity index (χ1n) is 17.0. The Hall–Kier alpha value is -4.67. The number of Topliss-reactive ketones (excluding diaryl/α,β-unsaturated/α-hetero) is 1. The molecule has 7 rings (SSSR count). The van der Waals surface area contributed by atoms with Crippen molar-refractivity contribution in [2.75, 3.05) is 62.7 Å². The van der Waals surface area contributed by atoms with Crippen LogP contribution in [-0.2, 0) is 14.3 Å². The van der Waals surface area contributed by atoms with Crippen LogP contribution in [0.3, 0.4) is 0 Å². The van der Waals surface area contributed by atoms with Crippen LogP contribution in [0.4, 0.5) is 21.7 Å². The predicted molar refractivity (Wildman–Crippen MR) is 180 cm³/mol. The molecule has 1 N–H and O–H groups in total. The third-order valence-corrected chi connectivity index (χ3v) is 10.1. The molecule has 12 nitrogen and oxygen atoms in total. The van der Waals surface area contributed by atoms with Gasteiger partial charge in [0.1, 0.15) is 30.0 Å². The van der Waals surface area contributed by atoms with Crippen molar-refractivity contribution in [1.82, 2.24) is 24.8 Å². The number of ether oxygens (including phenoxy) is 2. The molecule has 1 aromatic heterocycles. The van der Waals surface area contributed by atoms with Crippen molar-refractivity contribution < 1.29 is 23.5 Å². The molecular formula is C36H41FN8O4. The molecule has 3 saturated heterocycles. The summed E-state index contributed by atoms with van der Waals surface area (Å²) in [5, 5.41) is 13.3. The van der Waals surface area contributed by atoms with Gasteiger partial charge in [0, 0.05) is 73.8 Å². The lowest BCUT2D eigenvalue weighted by Crippen LogP contribution is -2.59. The van der Waals surface area contributed by atoms with Gasteiger partial charge in [-0.1, -0.05) is 13.8 Å². The summed E-state index contributed by atoms with van der Waals surface area (Å²) in [6, 6.07) is 15.9. The molecule has 0 bridgehead atoms. The van der Waals surface area contributed by atoms with E-state index in [0.29, 0.717) is 42.8 Å². The van der Waals surface area contributed by atoms with E-state index >= 15 is 4.39 Å². The molecular weight excluding hydrogens is 627 g/mol. The Morgan fingerprint density at radius 3 is 2.53 bits per heavy atom. The first-order chi connectivity index (χ1) is 23.7. The van der Waals surface area contributed by atoms with Crippen molar-refractivity contribution in [2.45, 2.75) is 51.4 Å². The van der Waals surface area contributed by atoms with Gasteiger partial charge in [-0.3, -0.25) is 14.5 Å². The van der Waals surface area contributed by atoms with Gasteiger partial charge in [-0.05, 0) is 48.9 Å². The van der Waals surface area contributed by atoms with Crippen molar-refractivity contribution in [2.24, 2.45) is 11.3 Å². The highest BCUT2D eigenvalue weighted by atomic mass is 19.1. The Balaban J connectivity index is 0.988. The number of nitrogens with zero attached hydrogens (tertiary/aromatic N) is 7. The molecule has 49 heavy (non-hydrogen) atoms. The van der Waals surface area contributed by atoms with Gasteiger partial charge >= 0.3 is 0 Å². The highest BCUT2D eigenvalue weighted by Gasteiger charge is 2.47. The number of nitriles is 1. The normalized spacial score (nSPS) is 24.3. The molecule has 13 heteroatoms. The van der Waals surface area contributed by atoms with Crippen LogP contribution in [0.15, 0.2) is 48.8 Å². The second kappa shape index (κ2) is 13.7. The average Bonchev–Trinajstić information content (AvgIpc) is 3.52. The van der Waals surface area contributed by atoms with Crippen molar-refractivity contribution in [3.05, 3.63) is 54.4 Å². The number of ketones is 1. The summed E-state index contributed by atoms with van der Waals surface area (Å²) in [4.78, 5) is 44.4. The van der Waals surface area contributed by atoms with Crippen LogP contribution < -0.4 is 15.0 Å². The number of carbonyl (C=O) groups is 2. The van der Waals surface area contributed by atoms with Crippen LogP contribution in [0.5, 0.6) is 5.75 Å². The van der Waals surface area contributed by atoms with Crippen LogP contribution in [-0.4, -0.2) is 107 Å². The maximum Gasteiger partial charge on any atom is 0.230 e. The van der Waals surface area contributed by atoms with E-state index in [2.05, 4.69) is 48.3 Å². The number of anilines is 3. The topological polar surface area (TPSA) is 137 Å². The predicted octanol–water partition coefficient (Wildman–Crippen LogP) is 4.00. The van der Waals surface area contributed by atoms with Gasteiger partial charge in [-0.25, -0.2) is 14.4 Å². The number of nitrogens with one attached hydrogen (secondary N) is 1. The lowest BCUT2D eigenvalue weighted by Gasteiger charge is -2.46. The van der Waals surface area contributed by atoms with Crippen LogP contribution in [0.1, 0.15) is 38.7 Å². The monoisotopic (exact) mass is 668 g/mol. The number of aromatic nitrogens is 3. The van der Waals surface area contributed by atoms with Crippen molar-refractivity contribution in [3.63, 3.8) is 0 Å². The van der Waals surface area contributed by atoms with E-state index in [0.717, 1.165) is 45.1 Å². The Labute approximate surface area is 285 Å². The summed E-state index contributed by atoms with van der Waals surface area (Å²) in [6.45, 7) is 9.58. The third-order valence-electron chi connectivity index (χ3n) is 10.1. The molecule has 1 amide bonds. The number of piperidine rings is 1. The fourth-order valence-corrected chi connectivity index (χ4v) is 7.28. The lowest BCUT2D eigenvalue weighted by molar-refractivity contribution is -0.146. The summed E-state index contributed by atoms with van der Waals surface area (Å²) in [5.74, 6) is 0.511. The molecule has 3 atom stereocenters. The van der Waals surface area contributed by atoms with E-state index in [1.165, 1.54) is 16.9 Å². The molecule has 0 unspecified atom stereocenters. The smallest absolute Gasteiger partial charge is 0.230 e. The average molecular weight is 669 g/mol. The van der Waals surface area contributed by atoms with Gasteiger partial charge < -0.3 is 24.6 Å². The molecule has 4 aliphatic rings. The van der Waals surface area contributed by atoms with Crippen LogP contribution in [0, 0.1) is 22.7 Å². The summed E-state index contributed by atoms with van der Waals surface area (Å²) < 4.78 is 27.2. The summed E-state index contributed by atoms with van der Waals surface area (Å²) >= 11 is 0. The second-order valence-electron chi connectivity index (χ2n) is 14.1. The molecule has 3 aromatic rings. The number of carbonyl (C=O) groups excluding carboxylic acids is 2.